The summed E-state index contributed by atoms with van der Waals surface area (Å²) in [6.07, 6.45) is 5.57. The number of benzene rings is 1. The molecule has 1 amide bonds. The summed E-state index contributed by atoms with van der Waals surface area (Å²) >= 11 is 6.30. The molecule has 0 radical (unpaired) electrons. The fourth-order valence-corrected chi connectivity index (χ4v) is 3.29. The number of likely N-dealkylation sites (tertiary alicyclic amines) is 1. The smallest absolute Gasteiger partial charge is 0.256 e. The third kappa shape index (κ3) is 2.56. The Labute approximate surface area is 143 Å². The van der Waals surface area contributed by atoms with E-state index >= 15 is 0 Å². The topological polar surface area (TPSA) is 79.7 Å². The second-order valence-corrected chi connectivity index (χ2v) is 6.09. The predicted octanol–water partition coefficient (Wildman–Crippen LogP) is 2.62. The maximum absolute atomic E-state index is 13.0. The van der Waals surface area contributed by atoms with Gasteiger partial charge in [0.1, 0.15) is 0 Å². The van der Waals surface area contributed by atoms with Gasteiger partial charge in [0.25, 0.3) is 5.91 Å². The molecule has 2 aromatic heterocycles. The van der Waals surface area contributed by atoms with Crippen LogP contribution < -0.4 is 0 Å². The van der Waals surface area contributed by atoms with Crippen molar-refractivity contribution in [3.05, 3.63) is 59.1 Å². The Bertz CT molecular complexity index is 846. The number of nitrogens with zero attached hydrogens (tertiary/aromatic N) is 5. The number of rotatable bonds is 3. The number of amides is 1. The van der Waals surface area contributed by atoms with Gasteiger partial charge >= 0.3 is 0 Å². The predicted molar refractivity (Wildman–Crippen MR) is 88.0 cm³/mol. The molecule has 1 N–H and O–H groups in total. The van der Waals surface area contributed by atoms with E-state index in [0.717, 1.165) is 18.5 Å². The van der Waals surface area contributed by atoms with E-state index < -0.39 is 0 Å². The Morgan fingerprint density at radius 3 is 2.88 bits per heavy atom. The van der Waals surface area contributed by atoms with Crippen molar-refractivity contribution in [2.24, 2.45) is 0 Å². The van der Waals surface area contributed by atoms with Gasteiger partial charge in [-0.2, -0.15) is 5.21 Å². The van der Waals surface area contributed by atoms with E-state index in [4.69, 9.17) is 11.6 Å². The van der Waals surface area contributed by atoms with Crippen LogP contribution in [-0.2, 0) is 0 Å². The molecule has 1 aliphatic heterocycles. The van der Waals surface area contributed by atoms with Crippen LogP contribution in [0.5, 0.6) is 0 Å². The van der Waals surface area contributed by atoms with E-state index in [-0.39, 0.29) is 11.9 Å². The van der Waals surface area contributed by atoms with Crippen molar-refractivity contribution in [3.8, 4) is 5.69 Å². The zero-order valence-corrected chi connectivity index (χ0v) is 13.5. The van der Waals surface area contributed by atoms with E-state index in [1.807, 2.05) is 41.2 Å². The molecule has 3 heterocycles. The van der Waals surface area contributed by atoms with Crippen LogP contribution in [-0.4, -0.2) is 42.5 Å². The van der Waals surface area contributed by atoms with E-state index in [1.165, 1.54) is 0 Å². The maximum Gasteiger partial charge on any atom is 0.256 e. The normalized spacial score (nSPS) is 17.4. The van der Waals surface area contributed by atoms with Crippen molar-refractivity contribution in [1.82, 2.24) is 30.1 Å². The monoisotopic (exact) mass is 342 g/mol. The van der Waals surface area contributed by atoms with Gasteiger partial charge in [-0.15, -0.1) is 10.2 Å². The SMILES string of the molecule is O=C(c1cc(-n2cccc2)ccc1Cl)N1CCCC1c1nn[nH]n1. The summed E-state index contributed by atoms with van der Waals surface area (Å²) in [4.78, 5) is 14.8. The molecule has 122 valence electrons. The molecule has 1 atom stereocenters. The minimum Gasteiger partial charge on any atom is -0.328 e. The molecule has 8 heteroatoms. The Kier molecular flexibility index (Phi) is 3.78. The number of tetrazole rings is 1. The molecule has 0 saturated carbocycles. The number of aromatic nitrogens is 5. The fraction of sp³-hybridized carbons (Fsp3) is 0.250. The van der Waals surface area contributed by atoms with Crippen molar-refractivity contribution >= 4 is 17.5 Å². The van der Waals surface area contributed by atoms with E-state index in [0.29, 0.717) is 23.0 Å². The summed E-state index contributed by atoms with van der Waals surface area (Å²) in [6.45, 7) is 0.655. The van der Waals surface area contributed by atoms with Crippen LogP contribution in [0.25, 0.3) is 5.69 Å². The molecular formula is C16H15ClN6O. The quantitative estimate of drug-likeness (QED) is 0.793. The molecule has 0 bridgehead atoms. The van der Waals surface area contributed by atoms with Crippen molar-refractivity contribution < 1.29 is 4.79 Å². The number of aromatic amines is 1. The van der Waals surface area contributed by atoms with E-state index in [9.17, 15) is 4.79 Å². The van der Waals surface area contributed by atoms with Gasteiger partial charge in [0.2, 0.25) is 0 Å². The second-order valence-electron chi connectivity index (χ2n) is 5.68. The van der Waals surface area contributed by atoms with Crippen LogP contribution in [0.2, 0.25) is 5.02 Å². The van der Waals surface area contributed by atoms with Crippen LogP contribution in [0.3, 0.4) is 0 Å². The minimum absolute atomic E-state index is 0.110. The van der Waals surface area contributed by atoms with Crippen LogP contribution in [0.15, 0.2) is 42.7 Å². The summed E-state index contributed by atoms with van der Waals surface area (Å²) < 4.78 is 1.94. The van der Waals surface area contributed by atoms with E-state index in [2.05, 4.69) is 20.6 Å². The van der Waals surface area contributed by atoms with Gasteiger partial charge in [-0.1, -0.05) is 16.8 Å². The maximum atomic E-state index is 13.0. The van der Waals surface area contributed by atoms with Gasteiger partial charge in [-0.05, 0) is 43.2 Å². The first-order valence-corrected chi connectivity index (χ1v) is 8.09. The summed E-state index contributed by atoms with van der Waals surface area (Å²) in [6, 6.07) is 9.16. The zero-order chi connectivity index (χ0) is 16.5. The molecule has 3 aromatic rings. The molecule has 1 aromatic carbocycles. The summed E-state index contributed by atoms with van der Waals surface area (Å²) in [5.41, 5.74) is 1.38. The Hall–Kier alpha value is -2.67. The number of nitrogens with one attached hydrogen (secondary N) is 1. The lowest BCUT2D eigenvalue weighted by atomic mass is 10.1. The van der Waals surface area contributed by atoms with Crippen LogP contribution >= 0.6 is 11.6 Å². The Morgan fingerprint density at radius 1 is 1.29 bits per heavy atom. The number of hydrogen-bond donors (Lipinski definition) is 1. The Morgan fingerprint density at radius 2 is 2.12 bits per heavy atom. The van der Waals surface area contributed by atoms with Crippen molar-refractivity contribution in [3.63, 3.8) is 0 Å². The summed E-state index contributed by atoms with van der Waals surface area (Å²) in [5.74, 6) is 0.430. The van der Waals surface area contributed by atoms with Crippen molar-refractivity contribution in [1.29, 1.82) is 0 Å². The largest absolute Gasteiger partial charge is 0.328 e. The minimum atomic E-state index is -0.164. The summed E-state index contributed by atoms with van der Waals surface area (Å²) in [5, 5.41) is 14.5. The molecule has 1 aliphatic rings. The molecule has 1 unspecified atom stereocenters. The first-order valence-electron chi connectivity index (χ1n) is 7.71. The highest BCUT2D eigenvalue weighted by Crippen LogP contribution is 2.32. The second kappa shape index (κ2) is 6.09. The van der Waals surface area contributed by atoms with Gasteiger partial charge in [-0.3, -0.25) is 4.79 Å². The molecule has 0 aliphatic carbocycles. The third-order valence-electron chi connectivity index (χ3n) is 4.26. The molecule has 1 saturated heterocycles. The number of H-pyrrole nitrogens is 1. The third-order valence-corrected chi connectivity index (χ3v) is 4.59. The standard InChI is InChI=1S/C16H15ClN6O/c17-13-6-5-11(22-7-1-2-8-22)10-12(13)16(24)23-9-3-4-14(23)15-18-20-21-19-15/h1-2,5-8,10,14H,3-4,9H2,(H,18,19,20,21). The number of carbonyl (C=O) groups excluding carboxylic acids is 1. The molecule has 4 rings (SSSR count). The van der Waals surface area contributed by atoms with Crippen LogP contribution in [0.4, 0.5) is 0 Å². The number of carbonyl (C=O) groups is 1. The highest BCUT2D eigenvalue weighted by molar-refractivity contribution is 6.33. The number of halogens is 1. The summed E-state index contributed by atoms with van der Waals surface area (Å²) in [7, 11) is 0. The first kappa shape index (κ1) is 14.9. The Balaban J connectivity index is 1.68. The molecule has 7 nitrogen and oxygen atoms in total. The van der Waals surface area contributed by atoms with Gasteiger partial charge in [0.05, 0.1) is 16.6 Å². The van der Waals surface area contributed by atoms with E-state index in [1.54, 1.807) is 11.0 Å². The van der Waals surface area contributed by atoms with Gasteiger partial charge in [-0.25, -0.2) is 0 Å². The first-order chi connectivity index (χ1) is 11.7. The average molecular weight is 343 g/mol. The number of hydrogen-bond acceptors (Lipinski definition) is 4. The van der Waals surface area contributed by atoms with Gasteiger partial charge in [0, 0.05) is 24.6 Å². The van der Waals surface area contributed by atoms with Crippen LogP contribution in [0.1, 0.15) is 35.1 Å². The molecular weight excluding hydrogens is 328 g/mol. The van der Waals surface area contributed by atoms with Crippen LogP contribution in [0, 0.1) is 0 Å². The molecule has 1 fully saturated rings. The highest BCUT2D eigenvalue weighted by atomic mass is 35.5. The lowest BCUT2D eigenvalue weighted by Crippen LogP contribution is -2.31. The lowest BCUT2D eigenvalue weighted by Gasteiger charge is -2.23. The average Bonchev–Trinajstić information content (AvgIpc) is 3.34. The van der Waals surface area contributed by atoms with Gasteiger partial charge in [0.15, 0.2) is 5.82 Å². The van der Waals surface area contributed by atoms with Crippen molar-refractivity contribution in [2.45, 2.75) is 18.9 Å². The van der Waals surface area contributed by atoms with Gasteiger partial charge < -0.3 is 9.47 Å². The molecule has 24 heavy (non-hydrogen) atoms. The zero-order valence-electron chi connectivity index (χ0n) is 12.8. The van der Waals surface area contributed by atoms with Crippen molar-refractivity contribution in [2.75, 3.05) is 6.54 Å². The lowest BCUT2D eigenvalue weighted by molar-refractivity contribution is 0.0730. The molecule has 0 spiro atoms. The fourth-order valence-electron chi connectivity index (χ4n) is 3.09. The highest BCUT2D eigenvalue weighted by Gasteiger charge is 2.34.